The number of amides is 1. The summed E-state index contributed by atoms with van der Waals surface area (Å²) in [6, 6.07) is 7.21. The molecule has 5 heteroatoms. The van der Waals surface area contributed by atoms with Crippen molar-refractivity contribution >= 4 is 5.91 Å². The first kappa shape index (κ1) is 17.4. The highest BCUT2D eigenvalue weighted by Gasteiger charge is 2.31. The van der Waals surface area contributed by atoms with Crippen LogP contribution in [0.25, 0.3) is 0 Å². The first-order chi connectivity index (χ1) is 11.6. The average Bonchev–Trinajstić information content (AvgIpc) is 2.54. The van der Waals surface area contributed by atoms with E-state index in [1.807, 2.05) is 4.90 Å². The normalized spacial score (nSPS) is 22.4. The Kier molecular flexibility index (Phi) is 5.85. The van der Waals surface area contributed by atoms with Gasteiger partial charge >= 0.3 is 0 Å². The summed E-state index contributed by atoms with van der Waals surface area (Å²) in [6.07, 6.45) is 5.36. The molecule has 24 heavy (non-hydrogen) atoms. The van der Waals surface area contributed by atoms with E-state index in [9.17, 15) is 9.18 Å². The van der Waals surface area contributed by atoms with Crippen molar-refractivity contribution in [2.24, 2.45) is 0 Å². The molecule has 1 aromatic carbocycles. The Hall–Kier alpha value is -1.46. The summed E-state index contributed by atoms with van der Waals surface area (Å²) in [5.74, 6) is -0.0129. The topological polar surface area (TPSA) is 32.8 Å². The van der Waals surface area contributed by atoms with Crippen molar-refractivity contribution in [3.8, 4) is 0 Å². The van der Waals surface area contributed by atoms with Gasteiger partial charge in [0.1, 0.15) is 5.82 Å². The lowest BCUT2D eigenvalue weighted by molar-refractivity contribution is -0.146. The zero-order valence-electron chi connectivity index (χ0n) is 14.4. The fraction of sp³-hybridized carbons (Fsp3) is 0.632. The molecule has 0 radical (unpaired) electrons. The second-order valence-corrected chi connectivity index (χ2v) is 6.99. The monoisotopic (exact) mass is 334 g/mol. The lowest BCUT2D eigenvalue weighted by Gasteiger charge is -2.39. The van der Waals surface area contributed by atoms with Crippen molar-refractivity contribution in [2.75, 3.05) is 26.7 Å². The van der Waals surface area contributed by atoms with Gasteiger partial charge in [0.05, 0.1) is 12.7 Å². The van der Waals surface area contributed by atoms with Gasteiger partial charge in [-0.25, -0.2) is 4.39 Å². The Balaban J connectivity index is 1.34. The van der Waals surface area contributed by atoms with Crippen molar-refractivity contribution in [3.05, 3.63) is 35.6 Å². The zero-order valence-corrected chi connectivity index (χ0v) is 14.4. The Bertz CT molecular complexity index is 560. The highest BCUT2D eigenvalue weighted by Crippen LogP contribution is 2.21. The molecule has 1 unspecified atom stereocenters. The van der Waals surface area contributed by atoms with E-state index >= 15 is 0 Å². The summed E-state index contributed by atoms with van der Waals surface area (Å²) in [6.45, 7) is 2.68. The molecule has 4 nitrogen and oxygen atoms in total. The second-order valence-electron chi connectivity index (χ2n) is 6.99. The molecule has 1 aromatic rings. The second kappa shape index (κ2) is 8.08. The van der Waals surface area contributed by atoms with Crippen LogP contribution in [0.1, 0.15) is 37.7 Å². The number of piperidine rings is 1. The molecule has 0 N–H and O–H groups in total. The van der Waals surface area contributed by atoms with Crippen molar-refractivity contribution in [1.29, 1.82) is 0 Å². The number of likely N-dealkylation sites (tertiary alicyclic amines) is 2. The van der Waals surface area contributed by atoms with Gasteiger partial charge in [0.2, 0.25) is 5.91 Å². The van der Waals surface area contributed by atoms with E-state index in [1.54, 1.807) is 18.2 Å². The lowest BCUT2D eigenvalue weighted by atomic mass is 9.98. The highest BCUT2D eigenvalue weighted by molar-refractivity contribution is 5.77. The molecule has 1 atom stereocenters. The minimum atomic E-state index is -0.235. The number of carbonyl (C=O) groups excluding carboxylic acids is 1. The number of hydrogen-bond acceptors (Lipinski definition) is 3. The van der Waals surface area contributed by atoms with Crippen molar-refractivity contribution in [1.82, 2.24) is 9.80 Å². The van der Waals surface area contributed by atoms with Gasteiger partial charge in [0, 0.05) is 31.1 Å². The molecule has 3 rings (SSSR count). The zero-order chi connectivity index (χ0) is 16.9. The Morgan fingerprint density at radius 2 is 2.08 bits per heavy atom. The van der Waals surface area contributed by atoms with Crippen molar-refractivity contribution < 1.29 is 13.9 Å². The first-order valence-corrected chi connectivity index (χ1v) is 8.96. The molecular weight excluding hydrogens is 307 g/mol. The Morgan fingerprint density at radius 3 is 2.83 bits per heavy atom. The Morgan fingerprint density at radius 1 is 1.29 bits per heavy atom. The third-order valence-corrected chi connectivity index (χ3v) is 5.25. The predicted molar refractivity (Wildman–Crippen MR) is 91.1 cm³/mol. The van der Waals surface area contributed by atoms with E-state index in [2.05, 4.69) is 11.9 Å². The van der Waals surface area contributed by atoms with E-state index in [0.717, 1.165) is 13.0 Å². The van der Waals surface area contributed by atoms with Gasteiger partial charge in [-0.3, -0.25) is 4.79 Å². The van der Waals surface area contributed by atoms with Crippen LogP contribution in [0.4, 0.5) is 4.39 Å². The molecule has 0 aromatic heterocycles. The van der Waals surface area contributed by atoms with Gasteiger partial charge in [-0.2, -0.15) is 0 Å². The van der Waals surface area contributed by atoms with Crippen LogP contribution < -0.4 is 0 Å². The number of halogens is 1. The van der Waals surface area contributed by atoms with Crippen LogP contribution in [-0.2, 0) is 16.1 Å². The van der Waals surface area contributed by atoms with Crippen LogP contribution in [0.5, 0.6) is 0 Å². The quantitative estimate of drug-likeness (QED) is 0.802. The SMILES string of the molecule is CN1CCCCC1CCC(=O)N1CC(OCc2ccccc2F)C1. The summed E-state index contributed by atoms with van der Waals surface area (Å²) >= 11 is 0. The van der Waals surface area contributed by atoms with E-state index in [-0.39, 0.29) is 24.4 Å². The molecule has 0 spiro atoms. The molecule has 2 heterocycles. The first-order valence-electron chi connectivity index (χ1n) is 8.96. The summed E-state index contributed by atoms with van der Waals surface area (Å²) in [5.41, 5.74) is 0.572. The van der Waals surface area contributed by atoms with Crippen molar-refractivity contribution in [3.63, 3.8) is 0 Å². The summed E-state index contributed by atoms with van der Waals surface area (Å²) in [7, 11) is 2.16. The molecule has 0 saturated carbocycles. The number of carbonyl (C=O) groups is 1. The third kappa shape index (κ3) is 4.33. The fourth-order valence-corrected chi connectivity index (χ4v) is 3.53. The van der Waals surface area contributed by atoms with Crippen LogP contribution in [0, 0.1) is 5.82 Å². The maximum atomic E-state index is 13.5. The van der Waals surface area contributed by atoms with Gasteiger partial charge < -0.3 is 14.5 Å². The van der Waals surface area contributed by atoms with E-state index in [0.29, 0.717) is 31.1 Å². The van der Waals surface area contributed by atoms with Crippen LogP contribution in [0.3, 0.4) is 0 Å². The van der Waals surface area contributed by atoms with E-state index < -0.39 is 0 Å². The number of nitrogens with zero attached hydrogens (tertiary/aromatic N) is 2. The number of ether oxygens (including phenoxy) is 1. The van der Waals surface area contributed by atoms with Gasteiger partial charge in [-0.1, -0.05) is 24.6 Å². The Labute approximate surface area is 143 Å². The van der Waals surface area contributed by atoms with Crippen LogP contribution >= 0.6 is 0 Å². The minimum absolute atomic E-state index is 0.0333. The van der Waals surface area contributed by atoms with Crippen LogP contribution in [0.2, 0.25) is 0 Å². The fourth-order valence-electron chi connectivity index (χ4n) is 3.53. The lowest BCUT2D eigenvalue weighted by Crippen LogP contribution is -2.54. The molecule has 2 fully saturated rings. The summed E-state index contributed by atoms with van der Waals surface area (Å²) in [5, 5.41) is 0. The minimum Gasteiger partial charge on any atom is -0.370 e. The molecule has 1 amide bonds. The summed E-state index contributed by atoms with van der Waals surface area (Å²) in [4.78, 5) is 16.5. The van der Waals surface area contributed by atoms with Gasteiger partial charge in [-0.15, -0.1) is 0 Å². The van der Waals surface area contributed by atoms with Crippen LogP contribution in [0.15, 0.2) is 24.3 Å². The van der Waals surface area contributed by atoms with Gasteiger partial charge in [0.15, 0.2) is 0 Å². The van der Waals surface area contributed by atoms with E-state index in [1.165, 1.54) is 25.3 Å². The molecule has 132 valence electrons. The van der Waals surface area contributed by atoms with Gasteiger partial charge in [-0.05, 0) is 38.9 Å². The molecule has 0 bridgehead atoms. The number of benzene rings is 1. The molecule has 2 saturated heterocycles. The van der Waals surface area contributed by atoms with Crippen molar-refractivity contribution in [2.45, 2.75) is 50.9 Å². The third-order valence-electron chi connectivity index (χ3n) is 5.25. The largest absolute Gasteiger partial charge is 0.370 e. The predicted octanol–water partition coefficient (Wildman–Crippen LogP) is 2.82. The maximum Gasteiger partial charge on any atom is 0.222 e. The average molecular weight is 334 g/mol. The summed E-state index contributed by atoms with van der Waals surface area (Å²) < 4.78 is 19.2. The molecular formula is C19H27FN2O2. The van der Waals surface area contributed by atoms with Crippen LogP contribution in [-0.4, -0.2) is 54.5 Å². The smallest absolute Gasteiger partial charge is 0.222 e. The van der Waals surface area contributed by atoms with Gasteiger partial charge in [0.25, 0.3) is 0 Å². The molecule has 2 aliphatic rings. The highest BCUT2D eigenvalue weighted by atomic mass is 19.1. The number of hydrogen-bond donors (Lipinski definition) is 0. The maximum absolute atomic E-state index is 13.5. The number of rotatable bonds is 6. The van der Waals surface area contributed by atoms with E-state index in [4.69, 9.17) is 4.74 Å². The standard InChI is InChI=1S/C19H27FN2O2/c1-21-11-5-4-7-16(21)9-10-19(23)22-12-17(13-22)24-14-15-6-2-3-8-18(15)20/h2-3,6,8,16-17H,4-5,7,9-14H2,1H3. The molecule has 2 aliphatic heterocycles. The molecule has 0 aliphatic carbocycles.